The molecule has 2 aliphatic carbocycles. The van der Waals surface area contributed by atoms with Gasteiger partial charge in [0.25, 0.3) is 0 Å². The molecule has 3 unspecified atom stereocenters. The van der Waals surface area contributed by atoms with Gasteiger partial charge in [-0.2, -0.15) is 0 Å². The Balaban J connectivity index is 0.834. The quantitative estimate of drug-likeness (QED) is 0.142. The van der Waals surface area contributed by atoms with Crippen molar-refractivity contribution < 1.29 is 23.3 Å². The second-order valence-electron chi connectivity index (χ2n) is 23.7. The van der Waals surface area contributed by atoms with Crippen LogP contribution < -0.4 is 18.9 Å². The van der Waals surface area contributed by atoms with E-state index in [1.165, 1.54) is 78.4 Å². The summed E-state index contributed by atoms with van der Waals surface area (Å²) in [6.07, 6.45) is 9.80. The summed E-state index contributed by atoms with van der Waals surface area (Å²) in [6.45, 7) is 7.11. The minimum absolute atomic E-state index is 0.243. The Morgan fingerprint density at radius 3 is 1.48 bits per heavy atom. The van der Waals surface area contributed by atoms with Crippen molar-refractivity contribution >= 4 is 55.2 Å². The summed E-state index contributed by atoms with van der Waals surface area (Å²) in [6, 6.07) is 76.7. The molecule has 2 heterocycles. The Morgan fingerprint density at radius 2 is 0.880 bits per heavy atom. The van der Waals surface area contributed by atoms with Crippen LogP contribution in [0.25, 0.3) is 77.5 Å². The van der Waals surface area contributed by atoms with Crippen LogP contribution in [-0.2, 0) is 28.5 Å². The lowest BCUT2D eigenvalue weighted by Crippen LogP contribution is -2.35. The highest BCUT2D eigenvalue weighted by atomic mass is 19.1. The summed E-state index contributed by atoms with van der Waals surface area (Å²) in [5.41, 5.74) is 14.7. The number of hydrogen-bond acceptors (Lipinski definition) is 4. The molecule has 12 aromatic carbocycles. The first kappa shape index (κ1) is 49.1. The minimum atomic E-state index is -1.05. The van der Waals surface area contributed by atoms with E-state index in [-0.39, 0.29) is 11.2 Å². The van der Waals surface area contributed by atoms with Crippen LogP contribution in [0.5, 0.6) is 23.0 Å². The zero-order chi connectivity index (χ0) is 56.0. The molecule has 0 aromatic heterocycles. The number of benzene rings is 12. The van der Waals surface area contributed by atoms with Crippen molar-refractivity contribution in [3.05, 3.63) is 298 Å². The van der Waals surface area contributed by atoms with Crippen LogP contribution in [0.3, 0.4) is 0 Å². The lowest BCUT2D eigenvalue weighted by molar-refractivity contribution is 0.163. The molecular weight excluding hydrogens is 1020 g/mol. The van der Waals surface area contributed by atoms with E-state index in [9.17, 15) is 4.39 Å². The van der Waals surface area contributed by atoms with E-state index < -0.39 is 16.6 Å². The second kappa shape index (κ2) is 17.9. The van der Waals surface area contributed by atoms with Crippen LogP contribution in [0.4, 0.5) is 4.39 Å². The van der Waals surface area contributed by atoms with Crippen LogP contribution in [0.15, 0.2) is 231 Å². The standard InChI is InChI=1S/C78H57FO4/c1-75(2)67-20-12-10-18-62(67)69-58-14-6-8-16-60(58)73-64(71(69)75)40-43-78(83-73,52-31-37-56(81-5)38-32-52)53-26-25-48-23-24-49-44-47(22-39-57(49)66(48)45-53)46-76(3)68-21-13-11-19-63(68)70-59-15-7-9-17-61(59)74-65(72(70)76)41-42-77(82-74,50-27-33-54(79)34-28-50)51-29-35-55(80-4)36-30-51/h6-45H,46H2,1-5H3. The average molecular weight is 1080 g/mol. The van der Waals surface area contributed by atoms with Gasteiger partial charge in [-0.05, 0) is 143 Å². The summed E-state index contributed by atoms with van der Waals surface area (Å²) in [5.74, 6) is 2.94. The normalized spacial score (nSPS) is 19.3. The zero-order valence-electron chi connectivity index (χ0n) is 46.8. The van der Waals surface area contributed by atoms with Crippen LogP contribution in [-0.4, -0.2) is 14.2 Å². The Hall–Kier alpha value is -9.71. The molecule has 0 saturated heterocycles. The maximum absolute atomic E-state index is 14.7. The first-order valence-electron chi connectivity index (χ1n) is 28.7. The number of methoxy groups -OCH3 is 2. The van der Waals surface area contributed by atoms with Gasteiger partial charge in [-0.15, -0.1) is 0 Å². The molecule has 4 aliphatic rings. The predicted octanol–water partition coefficient (Wildman–Crippen LogP) is 19.0. The van der Waals surface area contributed by atoms with Crippen molar-refractivity contribution in [2.45, 2.75) is 49.2 Å². The largest absolute Gasteiger partial charge is 0.497 e. The molecule has 2 aliphatic heterocycles. The molecule has 16 rings (SSSR count). The van der Waals surface area contributed by atoms with Gasteiger partial charge in [0, 0.05) is 55.0 Å². The molecule has 5 heteroatoms. The molecule has 0 radical (unpaired) electrons. The average Bonchev–Trinajstić information content (AvgIpc) is 2.62. The van der Waals surface area contributed by atoms with Crippen molar-refractivity contribution in [3.8, 4) is 45.3 Å². The smallest absolute Gasteiger partial charge is 0.178 e. The molecular formula is C78H57FO4. The third-order valence-corrected chi connectivity index (χ3v) is 18.9. The van der Waals surface area contributed by atoms with Gasteiger partial charge in [-0.25, -0.2) is 4.39 Å². The monoisotopic (exact) mass is 1080 g/mol. The number of rotatable bonds is 8. The van der Waals surface area contributed by atoms with Crippen molar-refractivity contribution in [2.24, 2.45) is 0 Å². The molecule has 0 spiro atoms. The molecule has 0 fully saturated rings. The van der Waals surface area contributed by atoms with Crippen molar-refractivity contribution in [1.29, 1.82) is 0 Å². The molecule has 12 aromatic rings. The van der Waals surface area contributed by atoms with Gasteiger partial charge in [0.15, 0.2) is 11.2 Å². The number of halogens is 1. The summed E-state index contributed by atoms with van der Waals surface area (Å²) in [5, 5.41) is 9.11. The molecule has 0 N–H and O–H groups in total. The molecule has 3 atom stereocenters. The summed E-state index contributed by atoms with van der Waals surface area (Å²) in [7, 11) is 3.38. The van der Waals surface area contributed by atoms with E-state index in [2.05, 4.69) is 203 Å². The van der Waals surface area contributed by atoms with Gasteiger partial charge < -0.3 is 18.9 Å². The molecule has 400 valence electrons. The van der Waals surface area contributed by atoms with Gasteiger partial charge in [0.1, 0.15) is 28.8 Å². The highest BCUT2D eigenvalue weighted by Crippen LogP contribution is 2.61. The Kier molecular flexibility index (Phi) is 10.6. The second-order valence-corrected chi connectivity index (χ2v) is 23.7. The van der Waals surface area contributed by atoms with E-state index in [0.29, 0.717) is 0 Å². The van der Waals surface area contributed by atoms with Gasteiger partial charge in [0.2, 0.25) is 0 Å². The lowest BCUT2D eigenvalue weighted by Gasteiger charge is -2.39. The Labute approximate surface area is 482 Å². The first-order chi connectivity index (χ1) is 40.5. The van der Waals surface area contributed by atoms with Crippen LogP contribution in [0.2, 0.25) is 0 Å². The fourth-order valence-electron chi connectivity index (χ4n) is 15.0. The maximum Gasteiger partial charge on any atom is 0.178 e. The molecule has 4 nitrogen and oxygen atoms in total. The van der Waals surface area contributed by atoms with Crippen molar-refractivity contribution in [1.82, 2.24) is 0 Å². The minimum Gasteiger partial charge on any atom is -0.497 e. The van der Waals surface area contributed by atoms with Gasteiger partial charge in [-0.3, -0.25) is 0 Å². The summed E-state index contributed by atoms with van der Waals surface area (Å²) in [4.78, 5) is 0. The van der Waals surface area contributed by atoms with Crippen molar-refractivity contribution in [3.63, 3.8) is 0 Å². The highest BCUT2D eigenvalue weighted by molar-refractivity contribution is 6.11. The number of fused-ring (bicyclic) bond motifs is 19. The topological polar surface area (TPSA) is 36.9 Å². The van der Waals surface area contributed by atoms with E-state index in [1.807, 2.05) is 48.5 Å². The zero-order valence-corrected chi connectivity index (χ0v) is 46.8. The fraction of sp³-hybridized carbons (Fsp3) is 0.128. The molecule has 0 amide bonds. The van der Waals surface area contributed by atoms with Crippen LogP contribution >= 0.6 is 0 Å². The first-order valence-corrected chi connectivity index (χ1v) is 28.7. The van der Waals surface area contributed by atoms with Gasteiger partial charge in [0.05, 0.1) is 14.2 Å². The third kappa shape index (κ3) is 6.97. The Bertz CT molecular complexity index is 4780. The van der Waals surface area contributed by atoms with Crippen molar-refractivity contribution in [2.75, 3.05) is 14.2 Å². The van der Waals surface area contributed by atoms with Crippen LogP contribution in [0, 0.1) is 5.82 Å². The highest BCUT2D eigenvalue weighted by Gasteiger charge is 2.48. The number of hydrogen-bond donors (Lipinski definition) is 0. The van der Waals surface area contributed by atoms with Crippen LogP contribution in [0.1, 0.15) is 82.0 Å². The Morgan fingerprint density at radius 1 is 0.410 bits per heavy atom. The fourth-order valence-corrected chi connectivity index (χ4v) is 15.0. The number of ether oxygens (including phenoxy) is 4. The van der Waals surface area contributed by atoms with Gasteiger partial charge >= 0.3 is 0 Å². The van der Waals surface area contributed by atoms with E-state index in [0.717, 1.165) is 89.7 Å². The lowest BCUT2D eigenvalue weighted by atomic mass is 9.72. The van der Waals surface area contributed by atoms with Gasteiger partial charge in [-0.1, -0.05) is 209 Å². The molecule has 0 saturated carbocycles. The SMILES string of the molecule is COc1ccc(C2(c3ccc4ccc5cc(CC6(C)c7ccccc7-c7c6c6c(c8ccccc78)OC(c7ccc(F)cc7)(c7ccc(OC)cc7)C=C6)ccc5c4c3)C=Cc3c4c(c5ccccc5c3O2)-c2ccccc2C4(C)C)cc1. The van der Waals surface area contributed by atoms with E-state index >= 15 is 0 Å². The van der Waals surface area contributed by atoms with E-state index in [1.54, 1.807) is 14.2 Å². The molecule has 0 bridgehead atoms. The van der Waals surface area contributed by atoms with E-state index in [4.69, 9.17) is 18.9 Å². The maximum atomic E-state index is 14.7. The summed E-state index contributed by atoms with van der Waals surface area (Å²) >= 11 is 0. The summed E-state index contributed by atoms with van der Waals surface area (Å²) < 4.78 is 41.4. The third-order valence-electron chi connectivity index (χ3n) is 18.9. The molecule has 83 heavy (non-hydrogen) atoms. The predicted molar refractivity (Wildman–Crippen MR) is 336 cm³/mol.